The molecule has 0 aliphatic heterocycles. The summed E-state index contributed by atoms with van der Waals surface area (Å²) < 4.78 is 0.914. The number of amides is 1. The minimum absolute atomic E-state index is 0.0575. The number of anilines is 1. The molecule has 0 fully saturated rings. The Labute approximate surface area is 92.8 Å². The van der Waals surface area contributed by atoms with Crippen LogP contribution in [-0.4, -0.2) is 5.91 Å². The molecule has 0 heterocycles. The van der Waals surface area contributed by atoms with Gasteiger partial charge >= 0.3 is 0 Å². The number of hydrogen-bond acceptors (Lipinski definition) is 1. The molecule has 0 saturated heterocycles. The van der Waals surface area contributed by atoms with Gasteiger partial charge in [-0.2, -0.15) is 0 Å². The van der Waals surface area contributed by atoms with Crippen LogP contribution in [0.4, 0.5) is 5.69 Å². The zero-order valence-corrected chi connectivity index (χ0v) is 9.97. The lowest BCUT2D eigenvalue weighted by atomic mass is 10.1. The van der Waals surface area contributed by atoms with Gasteiger partial charge in [0, 0.05) is 10.4 Å². The fourth-order valence-corrected chi connectivity index (χ4v) is 1.39. The number of hydrogen-bond donors (Lipinski definition) is 1. The molecule has 0 radical (unpaired) electrons. The number of nitrogens with one attached hydrogen (secondary N) is 1. The second-order valence-electron chi connectivity index (χ2n) is 3.28. The Kier molecular flexibility index (Phi) is 4.14. The van der Waals surface area contributed by atoms with Crippen molar-refractivity contribution < 1.29 is 4.79 Å². The molecule has 1 aromatic rings. The molecule has 1 amide bonds. The second-order valence-corrected chi connectivity index (χ2v) is 4.13. The monoisotopic (exact) mass is 255 g/mol. The molecule has 2 nitrogen and oxygen atoms in total. The molecular weight excluding hydrogens is 242 g/mol. The fraction of sp³-hybridized carbons (Fsp3) is 0.364. The van der Waals surface area contributed by atoms with Crippen LogP contribution in [0.15, 0.2) is 28.7 Å². The Bertz CT molecular complexity index is 325. The maximum Gasteiger partial charge on any atom is 0.227 e. The maximum absolute atomic E-state index is 11.6. The van der Waals surface area contributed by atoms with Crippen LogP contribution in [0.25, 0.3) is 0 Å². The molecule has 0 spiro atoms. The van der Waals surface area contributed by atoms with Crippen LogP contribution >= 0.6 is 15.9 Å². The molecule has 0 unspecified atom stereocenters. The maximum atomic E-state index is 11.6. The van der Waals surface area contributed by atoms with Crippen LogP contribution in [0.5, 0.6) is 0 Å². The third kappa shape index (κ3) is 2.84. The smallest absolute Gasteiger partial charge is 0.227 e. The Balaban J connectivity index is 2.70. The Morgan fingerprint density at radius 1 is 1.50 bits per heavy atom. The van der Waals surface area contributed by atoms with E-state index in [2.05, 4.69) is 21.2 Å². The van der Waals surface area contributed by atoms with E-state index < -0.39 is 0 Å². The lowest BCUT2D eigenvalue weighted by Crippen LogP contribution is -2.19. The average molecular weight is 256 g/mol. The summed E-state index contributed by atoms with van der Waals surface area (Å²) in [5.74, 6) is 0.126. The summed E-state index contributed by atoms with van der Waals surface area (Å²) in [6, 6.07) is 7.61. The summed E-state index contributed by atoms with van der Waals surface area (Å²) >= 11 is 3.38. The molecule has 14 heavy (non-hydrogen) atoms. The molecule has 1 atom stereocenters. The summed E-state index contributed by atoms with van der Waals surface area (Å²) in [5, 5.41) is 2.88. The number of halogens is 1. The number of carbonyl (C=O) groups excluding carboxylic acids is 1. The molecule has 0 aromatic heterocycles. The van der Waals surface area contributed by atoms with E-state index in [1.54, 1.807) is 0 Å². The number of carbonyl (C=O) groups is 1. The van der Waals surface area contributed by atoms with Crippen molar-refractivity contribution >= 4 is 27.5 Å². The molecule has 1 N–H and O–H groups in total. The van der Waals surface area contributed by atoms with Crippen molar-refractivity contribution in [2.45, 2.75) is 20.3 Å². The first kappa shape index (κ1) is 11.2. The summed E-state index contributed by atoms with van der Waals surface area (Å²) in [6.07, 6.45) is 0.857. The summed E-state index contributed by atoms with van der Waals surface area (Å²) in [5.41, 5.74) is 0.831. The van der Waals surface area contributed by atoms with Crippen molar-refractivity contribution in [2.75, 3.05) is 5.32 Å². The Morgan fingerprint density at radius 3 is 2.71 bits per heavy atom. The zero-order chi connectivity index (χ0) is 10.6. The highest BCUT2D eigenvalue weighted by molar-refractivity contribution is 9.10. The van der Waals surface area contributed by atoms with Crippen LogP contribution in [0.2, 0.25) is 0 Å². The SMILES string of the molecule is CC[C@@H](C)C(=O)Nc1ccccc1Br. The van der Waals surface area contributed by atoms with E-state index in [-0.39, 0.29) is 11.8 Å². The minimum Gasteiger partial charge on any atom is -0.325 e. The zero-order valence-electron chi connectivity index (χ0n) is 8.38. The first-order valence-electron chi connectivity index (χ1n) is 4.70. The van der Waals surface area contributed by atoms with Crippen molar-refractivity contribution in [3.8, 4) is 0 Å². The first-order chi connectivity index (χ1) is 6.65. The number of para-hydroxylation sites is 1. The highest BCUT2D eigenvalue weighted by Crippen LogP contribution is 2.21. The lowest BCUT2D eigenvalue weighted by molar-refractivity contribution is -0.119. The van der Waals surface area contributed by atoms with Gasteiger partial charge in [-0.3, -0.25) is 4.79 Å². The van der Waals surface area contributed by atoms with Crippen LogP contribution in [0.1, 0.15) is 20.3 Å². The van der Waals surface area contributed by atoms with Gasteiger partial charge < -0.3 is 5.32 Å². The fourth-order valence-electron chi connectivity index (χ4n) is 1.00. The van der Waals surface area contributed by atoms with Crippen LogP contribution in [0.3, 0.4) is 0 Å². The van der Waals surface area contributed by atoms with Crippen molar-refractivity contribution in [3.63, 3.8) is 0 Å². The van der Waals surface area contributed by atoms with Crippen molar-refractivity contribution in [1.82, 2.24) is 0 Å². The van der Waals surface area contributed by atoms with Crippen molar-refractivity contribution in [2.24, 2.45) is 5.92 Å². The van der Waals surface area contributed by atoms with E-state index in [0.29, 0.717) is 0 Å². The molecule has 0 saturated carbocycles. The van der Waals surface area contributed by atoms with Gasteiger partial charge in [-0.05, 0) is 34.5 Å². The van der Waals surface area contributed by atoms with Gasteiger partial charge in [-0.15, -0.1) is 0 Å². The predicted molar refractivity (Wildman–Crippen MR) is 62.2 cm³/mol. The van der Waals surface area contributed by atoms with Gasteiger partial charge in [0.25, 0.3) is 0 Å². The third-order valence-electron chi connectivity index (χ3n) is 2.19. The Hall–Kier alpha value is -0.830. The van der Waals surface area contributed by atoms with Gasteiger partial charge in [0.1, 0.15) is 0 Å². The molecule has 0 aliphatic carbocycles. The first-order valence-corrected chi connectivity index (χ1v) is 5.49. The predicted octanol–water partition coefficient (Wildman–Crippen LogP) is 3.43. The summed E-state index contributed by atoms with van der Waals surface area (Å²) in [7, 11) is 0. The summed E-state index contributed by atoms with van der Waals surface area (Å²) in [6.45, 7) is 3.93. The van der Waals surface area contributed by atoms with E-state index in [1.165, 1.54) is 0 Å². The molecule has 3 heteroatoms. The van der Waals surface area contributed by atoms with Gasteiger partial charge in [0.2, 0.25) is 5.91 Å². The van der Waals surface area contributed by atoms with Crippen molar-refractivity contribution in [1.29, 1.82) is 0 Å². The average Bonchev–Trinajstić information content (AvgIpc) is 2.20. The van der Waals surface area contributed by atoms with E-state index in [9.17, 15) is 4.79 Å². The molecule has 1 rings (SSSR count). The number of benzene rings is 1. The quantitative estimate of drug-likeness (QED) is 0.881. The van der Waals surface area contributed by atoms with Gasteiger partial charge in [-0.1, -0.05) is 26.0 Å². The van der Waals surface area contributed by atoms with E-state index in [0.717, 1.165) is 16.6 Å². The van der Waals surface area contributed by atoms with Gasteiger partial charge in [0.05, 0.1) is 5.69 Å². The standard InChI is InChI=1S/C11H14BrNO/c1-3-8(2)11(14)13-10-7-5-4-6-9(10)12/h4-8H,3H2,1-2H3,(H,13,14)/t8-/m1/s1. The van der Waals surface area contributed by atoms with Gasteiger partial charge in [-0.25, -0.2) is 0 Å². The summed E-state index contributed by atoms with van der Waals surface area (Å²) in [4.78, 5) is 11.6. The third-order valence-corrected chi connectivity index (χ3v) is 2.88. The van der Waals surface area contributed by atoms with E-state index >= 15 is 0 Å². The normalized spacial score (nSPS) is 12.2. The van der Waals surface area contributed by atoms with Gasteiger partial charge in [0.15, 0.2) is 0 Å². The van der Waals surface area contributed by atoms with E-state index in [1.807, 2.05) is 38.1 Å². The second kappa shape index (κ2) is 5.15. The minimum atomic E-state index is 0.0575. The molecule has 0 aliphatic rings. The number of rotatable bonds is 3. The molecule has 1 aromatic carbocycles. The van der Waals surface area contributed by atoms with Crippen molar-refractivity contribution in [3.05, 3.63) is 28.7 Å². The highest BCUT2D eigenvalue weighted by Gasteiger charge is 2.11. The topological polar surface area (TPSA) is 29.1 Å². The van der Waals surface area contributed by atoms with E-state index in [4.69, 9.17) is 0 Å². The Morgan fingerprint density at radius 2 is 2.14 bits per heavy atom. The highest BCUT2D eigenvalue weighted by atomic mass is 79.9. The lowest BCUT2D eigenvalue weighted by Gasteiger charge is -2.10. The van der Waals surface area contributed by atoms with Crippen LogP contribution < -0.4 is 5.32 Å². The largest absolute Gasteiger partial charge is 0.325 e. The molecule has 76 valence electrons. The van der Waals surface area contributed by atoms with Crippen LogP contribution in [-0.2, 0) is 4.79 Å². The molecular formula is C11H14BrNO. The van der Waals surface area contributed by atoms with Crippen LogP contribution in [0, 0.1) is 5.92 Å². The molecule has 0 bridgehead atoms.